The molecule has 2 heterocycles. The first-order valence-corrected chi connectivity index (χ1v) is 14.4. The number of benzene rings is 2. The summed E-state index contributed by atoms with van der Waals surface area (Å²) in [5.41, 5.74) is 2.01. The second-order valence-corrected chi connectivity index (χ2v) is 11.6. The van der Waals surface area contributed by atoms with Gasteiger partial charge in [0.15, 0.2) is 0 Å². The molecule has 2 N–H and O–H groups in total. The minimum absolute atomic E-state index is 0.231. The predicted molar refractivity (Wildman–Crippen MR) is 140 cm³/mol. The van der Waals surface area contributed by atoms with Crippen molar-refractivity contribution >= 4 is 66.5 Å². The average Bonchev–Trinajstić information content (AvgIpc) is 3.28. The Balaban J connectivity index is 1.54. The van der Waals surface area contributed by atoms with Crippen LogP contribution in [0.1, 0.15) is 6.42 Å². The lowest BCUT2D eigenvalue weighted by molar-refractivity contribution is -0.117. The number of aromatic nitrogens is 2. The maximum atomic E-state index is 13.5. The molecule has 0 aliphatic heterocycles. The molecule has 1 unspecified atom stereocenters. The number of pyridine rings is 1. The summed E-state index contributed by atoms with van der Waals surface area (Å²) < 4.78 is 42.6. The van der Waals surface area contributed by atoms with Gasteiger partial charge in [-0.25, -0.2) is 17.8 Å². The summed E-state index contributed by atoms with van der Waals surface area (Å²) in [5.74, 6) is -0.740. The molecule has 0 aliphatic rings. The molecule has 0 spiro atoms. The van der Waals surface area contributed by atoms with Crippen molar-refractivity contribution in [1.82, 2.24) is 14.7 Å². The summed E-state index contributed by atoms with van der Waals surface area (Å²) in [6, 6.07) is 11.5. The Morgan fingerprint density at radius 1 is 1.20 bits per heavy atom. The molecule has 4 aromatic rings. The highest BCUT2D eigenvalue weighted by atomic mass is 35.5. The number of halogens is 2. The van der Waals surface area contributed by atoms with Crippen LogP contribution < -0.4 is 10.0 Å². The highest BCUT2D eigenvalue weighted by Crippen LogP contribution is 2.30. The Morgan fingerprint density at radius 3 is 2.74 bits per heavy atom. The number of hydrogen-bond acceptors (Lipinski definition) is 7. The molecule has 0 radical (unpaired) electrons. The quantitative estimate of drug-likeness (QED) is 0.297. The Morgan fingerprint density at radius 2 is 2.00 bits per heavy atom. The topological polar surface area (TPSA) is 101 Å². The zero-order valence-electron chi connectivity index (χ0n) is 18.4. The van der Waals surface area contributed by atoms with Gasteiger partial charge < -0.3 is 5.32 Å². The zero-order chi connectivity index (χ0) is 25.0. The maximum absolute atomic E-state index is 13.5. The van der Waals surface area contributed by atoms with Crippen LogP contribution in [0.2, 0.25) is 5.02 Å². The second kappa shape index (κ2) is 11.0. The minimum Gasteiger partial charge on any atom is -0.323 e. The first-order valence-electron chi connectivity index (χ1n) is 10.3. The Hall–Kier alpha value is -2.57. The van der Waals surface area contributed by atoms with Gasteiger partial charge in [-0.1, -0.05) is 23.7 Å². The Kier molecular flexibility index (Phi) is 8.02. The van der Waals surface area contributed by atoms with Crippen LogP contribution in [-0.4, -0.2) is 42.3 Å². The number of thioether (sulfide) groups is 1. The Labute approximate surface area is 215 Å². The summed E-state index contributed by atoms with van der Waals surface area (Å²) in [7, 11) is -4.13. The van der Waals surface area contributed by atoms with Crippen molar-refractivity contribution in [3.8, 4) is 10.6 Å². The molecule has 12 heteroatoms. The van der Waals surface area contributed by atoms with Crippen molar-refractivity contribution < 1.29 is 17.6 Å². The summed E-state index contributed by atoms with van der Waals surface area (Å²) >= 11 is 8.72. The van der Waals surface area contributed by atoms with E-state index < -0.39 is 27.8 Å². The van der Waals surface area contributed by atoms with Gasteiger partial charge in [0.2, 0.25) is 15.9 Å². The molecule has 35 heavy (non-hydrogen) atoms. The summed E-state index contributed by atoms with van der Waals surface area (Å²) in [5, 5.41) is 3.17. The molecule has 1 amide bonds. The van der Waals surface area contributed by atoms with Crippen LogP contribution in [-0.2, 0) is 14.8 Å². The fourth-order valence-electron chi connectivity index (χ4n) is 3.23. The van der Waals surface area contributed by atoms with Crippen molar-refractivity contribution in [2.45, 2.75) is 17.4 Å². The first-order chi connectivity index (χ1) is 16.8. The van der Waals surface area contributed by atoms with E-state index >= 15 is 0 Å². The van der Waals surface area contributed by atoms with Crippen molar-refractivity contribution in [3.63, 3.8) is 0 Å². The summed E-state index contributed by atoms with van der Waals surface area (Å²) in [4.78, 5) is 21.6. The number of thiazole rings is 1. The van der Waals surface area contributed by atoms with Crippen LogP contribution in [0.5, 0.6) is 0 Å². The number of amides is 1. The molecule has 4 rings (SSSR count). The number of nitrogens with one attached hydrogen (secondary N) is 2. The third-order valence-electron chi connectivity index (χ3n) is 4.97. The molecular formula is C23H20ClFN4O3S3. The molecular weight excluding hydrogens is 531 g/mol. The van der Waals surface area contributed by atoms with Gasteiger partial charge in [0.25, 0.3) is 0 Å². The van der Waals surface area contributed by atoms with Crippen LogP contribution in [0, 0.1) is 5.82 Å². The fourth-order valence-corrected chi connectivity index (χ4v) is 6.15. The van der Waals surface area contributed by atoms with Crippen LogP contribution >= 0.6 is 34.7 Å². The zero-order valence-corrected chi connectivity index (χ0v) is 21.6. The number of sulfonamides is 1. The van der Waals surface area contributed by atoms with Crippen LogP contribution in [0.15, 0.2) is 65.8 Å². The monoisotopic (exact) mass is 550 g/mol. The van der Waals surface area contributed by atoms with E-state index in [0.29, 0.717) is 11.4 Å². The lowest BCUT2D eigenvalue weighted by Gasteiger charge is -2.18. The van der Waals surface area contributed by atoms with Gasteiger partial charge in [-0.05, 0) is 54.8 Å². The molecule has 0 fully saturated rings. The van der Waals surface area contributed by atoms with Crippen LogP contribution in [0.4, 0.5) is 10.1 Å². The molecule has 0 bridgehead atoms. The number of anilines is 1. The fraction of sp³-hybridized carbons (Fsp3) is 0.174. The van der Waals surface area contributed by atoms with Crippen molar-refractivity contribution in [2.24, 2.45) is 0 Å². The third kappa shape index (κ3) is 6.17. The molecule has 0 saturated heterocycles. The van der Waals surface area contributed by atoms with E-state index in [4.69, 9.17) is 11.6 Å². The summed E-state index contributed by atoms with van der Waals surface area (Å²) in [6.07, 6.45) is 5.23. The molecule has 7 nitrogen and oxygen atoms in total. The predicted octanol–water partition coefficient (Wildman–Crippen LogP) is 5.19. The molecule has 1 atom stereocenters. The van der Waals surface area contributed by atoms with Crippen molar-refractivity contribution in [1.29, 1.82) is 0 Å². The smallest absolute Gasteiger partial charge is 0.242 e. The number of fused-ring (bicyclic) bond motifs is 1. The van der Waals surface area contributed by atoms with Crippen LogP contribution in [0.3, 0.4) is 0 Å². The van der Waals surface area contributed by atoms with Gasteiger partial charge >= 0.3 is 0 Å². The van der Waals surface area contributed by atoms with E-state index in [1.54, 1.807) is 12.3 Å². The van der Waals surface area contributed by atoms with E-state index in [2.05, 4.69) is 20.0 Å². The average molecular weight is 551 g/mol. The number of para-hydroxylation sites is 1. The lowest BCUT2D eigenvalue weighted by Crippen LogP contribution is -2.44. The van der Waals surface area contributed by atoms with E-state index in [-0.39, 0.29) is 16.3 Å². The number of hydrogen-bond donors (Lipinski definition) is 2. The first kappa shape index (κ1) is 25.5. The largest absolute Gasteiger partial charge is 0.323 e. The maximum Gasteiger partial charge on any atom is 0.242 e. The minimum atomic E-state index is -4.13. The number of carbonyl (C=O) groups excluding carboxylic acids is 1. The highest BCUT2D eigenvalue weighted by Gasteiger charge is 2.26. The molecule has 0 saturated carbocycles. The number of rotatable bonds is 9. The van der Waals surface area contributed by atoms with Gasteiger partial charge in [0.1, 0.15) is 16.9 Å². The van der Waals surface area contributed by atoms with Gasteiger partial charge in [0, 0.05) is 11.8 Å². The van der Waals surface area contributed by atoms with Gasteiger partial charge in [-0.2, -0.15) is 16.5 Å². The number of nitrogens with zero attached hydrogens (tertiary/aromatic N) is 2. The van der Waals surface area contributed by atoms with E-state index in [1.165, 1.54) is 29.3 Å². The van der Waals surface area contributed by atoms with Gasteiger partial charge in [-0.15, -0.1) is 11.3 Å². The van der Waals surface area contributed by atoms with Gasteiger partial charge in [0.05, 0.1) is 32.0 Å². The van der Waals surface area contributed by atoms with Gasteiger partial charge in [-0.3, -0.25) is 9.78 Å². The van der Waals surface area contributed by atoms with Crippen LogP contribution in [0.25, 0.3) is 20.8 Å². The summed E-state index contributed by atoms with van der Waals surface area (Å²) in [6.45, 7) is 0. The Bertz CT molecular complexity index is 1450. The lowest BCUT2D eigenvalue weighted by atomic mass is 10.2. The van der Waals surface area contributed by atoms with Crippen molar-refractivity contribution in [3.05, 3.63) is 71.8 Å². The standard InChI is InChI=1S/C23H20ClFN4O3S3/c1-33-9-8-20(29-35(31,32)16-6-7-18(25)17(24)11-16)22(30)27-15-10-14(12-26-13-15)23-28-19-4-2-3-5-21(19)34-23/h2-7,10-13,20,29H,8-9H2,1H3,(H,27,30). The van der Waals surface area contributed by atoms with E-state index in [0.717, 1.165) is 39.0 Å². The SMILES string of the molecule is CSCCC(NS(=O)(=O)c1ccc(F)c(Cl)c1)C(=O)Nc1cncc(-c2nc3ccccc3s2)c1. The second-order valence-electron chi connectivity index (χ2n) is 7.47. The molecule has 2 aromatic heterocycles. The highest BCUT2D eigenvalue weighted by molar-refractivity contribution is 7.98. The van der Waals surface area contributed by atoms with E-state index in [1.807, 2.05) is 30.5 Å². The van der Waals surface area contributed by atoms with Crippen molar-refractivity contribution in [2.75, 3.05) is 17.3 Å². The number of carbonyl (C=O) groups is 1. The van der Waals surface area contributed by atoms with E-state index in [9.17, 15) is 17.6 Å². The normalized spacial score (nSPS) is 12.5. The third-order valence-corrected chi connectivity index (χ3v) is 8.46. The molecule has 0 aliphatic carbocycles. The molecule has 2 aromatic carbocycles. The molecule has 182 valence electrons.